The van der Waals surface area contributed by atoms with Crippen molar-refractivity contribution in [3.63, 3.8) is 0 Å². The molecule has 1 aromatic heterocycles. The standard InChI is InChI=1S/C19H20ClN3/c1-13-3-8-18(14(2)11-13)23-19(12-17(22-23)9-10-21)15-4-6-16(20)7-5-15/h3-8,11-12H,9-10,21H2,1-2H3. The van der Waals surface area contributed by atoms with E-state index >= 15 is 0 Å². The molecule has 0 amide bonds. The van der Waals surface area contributed by atoms with Gasteiger partial charge in [-0.05, 0) is 50.2 Å². The first kappa shape index (κ1) is 15.8. The van der Waals surface area contributed by atoms with Crippen LogP contribution in [0.1, 0.15) is 16.8 Å². The Morgan fingerprint density at radius 3 is 2.43 bits per heavy atom. The monoisotopic (exact) mass is 325 g/mol. The number of nitrogens with zero attached hydrogens (tertiary/aromatic N) is 2. The normalized spacial score (nSPS) is 11.0. The van der Waals surface area contributed by atoms with Crippen LogP contribution in [0.15, 0.2) is 48.5 Å². The van der Waals surface area contributed by atoms with E-state index < -0.39 is 0 Å². The van der Waals surface area contributed by atoms with Crippen molar-refractivity contribution >= 4 is 11.6 Å². The highest BCUT2D eigenvalue weighted by atomic mass is 35.5. The molecule has 0 aliphatic carbocycles. The Morgan fingerprint density at radius 2 is 1.78 bits per heavy atom. The Hall–Kier alpha value is -2.10. The maximum absolute atomic E-state index is 6.01. The molecule has 0 aliphatic rings. The van der Waals surface area contributed by atoms with Gasteiger partial charge < -0.3 is 5.73 Å². The molecule has 118 valence electrons. The van der Waals surface area contributed by atoms with Crippen LogP contribution in [0.5, 0.6) is 0 Å². The molecule has 3 rings (SSSR count). The molecular formula is C19H20ClN3. The molecule has 3 nitrogen and oxygen atoms in total. The van der Waals surface area contributed by atoms with Gasteiger partial charge in [0.05, 0.1) is 17.1 Å². The molecule has 0 aliphatic heterocycles. The highest BCUT2D eigenvalue weighted by Crippen LogP contribution is 2.27. The molecule has 4 heteroatoms. The Morgan fingerprint density at radius 1 is 1.04 bits per heavy atom. The number of aromatic nitrogens is 2. The first-order valence-corrected chi connectivity index (χ1v) is 8.09. The van der Waals surface area contributed by atoms with E-state index in [0.717, 1.165) is 34.1 Å². The Balaban J connectivity index is 2.16. The summed E-state index contributed by atoms with van der Waals surface area (Å²) in [6, 6.07) is 16.3. The van der Waals surface area contributed by atoms with Crippen molar-refractivity contribution in [2.24, 2.45) is 5.73 Å². The number of rotatable bonds is 4. The maximum Gasteiger partial charge on any atom is 0.0743 e. The minimum atomic E-state index is 0.587. The smallest absolute Gasteiger partial charge is 0.0743 e. The van der Waals surface area contributed by atoms with Crippen molar-refractivity contribution < 1.29 is 0 Å². The number of benzene rings is 2. The predicted molar refractivity (Wildman–Crippen MR) is 96.2 cm³/mol. The third kappa shape index (κ3) is 3.31. The third-order valence-corrected chi connectivity index (χ3v) is 4.13. The fourth-order valence-corrected chi connectivity index (χ4v) is 2.88. The molecular weight excluding hydrogens is 306 g/mol. The van der Waals surface area contributed by atoms with Crippen LogP contribution in [-0.4, -0.2) is 16.3 Å². The number of nitrogens with two attached hydrogens (primary N) is 1. The molecule has 2 aromatic carbocycles. The average Bonchev–Trinajstić information content (AvgIpc) is 2.92. The average molecular weight is 326 g/mol. The molecule has 0 saturated carbocycles. The van der Waals surface area contributed by atoms with Crippen LogP contribution in [0.25, 0.3) is 16.9 Å². The van der Waals surface area contributed by atoms with Crippen LogP contribution < -0.4 is 5.73 Å². The van der Waals surface area contributed by atoms with Crippen LogP contribution in [0.3, 0.4) is 0 Å². The molecule has 0 fully saturated rings. The zero-order valence-electron chi connectivity index (χ0n) is 13.4. The molecule has 23 heavy (non-hydrogen) atoms. The topological polar surface area (TPSA) is 43.8 Å². The first-order chi connectivity index (χ1) is 11.1. The van der Waals surface area contributed by atoms with Crippen LogP contribution in [0.4, 0.5) is 0 Å². The summed E-state index contributed by atoms with van der Waals surface area (Å²) < 4.78 is 2.00. The lowest BCUT2D eigenvalue weighted by Gasteiger charge is -2.11. The molecule has 0 atom stereocenters. The largest absolute Gasteiger partial charge is 0.330 e. The van der Waals surface area contributed by atoms with Crippen molar-refractivity contribution in [1.82, 2.24) is 9.78 Å². The summed E-state index contributed by atoms with van der Waals surface area (Å²) in [4.78, 5) is 0. The summed E-state index contributed by atoms with van der Waals surface area (Å²) in [5.74, 6) is 0. The quantitative estimate of drug-likeness (QED) is 0.776. The van der Waals surface area contributed by atoms with E-state index in [-0.39, 0.29) is 0 Å². The second-order valence-electron chi connectivity index (χ2n) is 5.77. The third-order valence-electron chi connectivity index (χ3n) is 3.88. The van der Waals surface area contributed by atoms with Crippen LogP contribution in [0.2, 0.25) is 5.02 Å². The fourth-order valence-electron chi connectivity index (χ4n) is 2.75. The molecule has 3 aromatic rings. The number of hydrogen-bond acceptors (Lipinski definition) is 2. The first-order valence-electron chi connectivity index (χ1n) is 7.71. The van der Waals surface area contributed by atoms with E-state index in [0.29, 0.717) is 6.54 Å². The zero-order chi connectivity index (χ0) is 16.4. The lowest BCUT2D eigenvalue weighted by molar-refractivity contribution is 0.821. The summed E-state index contributed by atoms with van der Waals surface area (Å²) in [6.45, 7) is 4.79. The van der Waals surface area contributed by atoms with E-state index in [1.165, 1.54) is 11.1 Å². The van der Waals surface area contributed by atoms with Gasteiger partial charge >= 0.3 is 0 Å². The molecule has 0 unspecified atom stereocenters. The zero-order valence-corrected chi connectivity index (χ0v) is 14.1. The minimum Gasteiger partial charge on any atom is -0.330 e. The lowest BCUT2D eigenvalue weighted by atomic mass is 10.1. The van der Waals surface area contributed by atoms with Crippen molar-refractivity contribution in [1.29, 1.82) is 0 Å². The van der Waals surface area contributed by atoms with Gasteiger partial charge in [0.1, 0.15) is 0 Å². The van der Waals surface area contributed by atoms with Gasteiger partial charge in [-0.2, -0.15) is 5.10 Å². The van der Waals surface area contributed by atoms with E-state index in [9.17, 15) is 0 Å². The van der Waals surface area contributed by atoms with Gasteiger partial charge in [-0.25, -0.2) is 4.68 Å². The summed E-state index contributed by atoms with van der Waals surface area (Å²) in [5.41, 5.74) is 12.4. The van der Waals surface area contributed by atoms with Gasteiger partial charge in [0.15, 0.2) is 0 Å². The highest BCUT2D eigenvalue weighted by molar-refractivity contribution is 6.30. The summed E-state index contributed by atoms with van der Waals surface area (Å²) in [7, 11) is 0. The maximum atomic E-state index is 6.01. The van der Waals surface area contributed by atoms with Crippen molar-refractivity contribution in [2.45, 2.75) is 20.3 Å². The van der Waals surface area contributed by atoms with Crippen LogP contribution in [-0.2, 0) is 6.42 Å². The molecule has 0 spiro atoms. The Bertz CT molecular complexity index is 819. The second-order valence-corrected chi connectivity index (χ2v) is 6.20. The van der Waals surface area contributed by atoms with Gasteiger partial charge in [0, 0.05) is 17.0 Å². The molecule has 2 N–H and O–H groups in total. The summed E-state index contributed by atoms with van der Waals surface area (Å²) >= 11 is 6.01. The van der Waals surface area contributed by atoms with Crippen LogP contribution in [0, 0.1) is 13.8 Å². The van der Waals surface area contributed by atoms with Gasteiger partial charge in [-0.15, -0.1) is 0 Å². The lowest BCUT2D eigenvalue weighted by Crippen LogP contribution is -2.05. The van der Waals surface area contributed by atoms with Crippen molar-refractivity contribution in [2.75, 3.05) is 6.54 Å². The number of aryl methyl sites for hydroxylation is 2. The van der Waals surface area contributed by atoms with Gasteiger partial charge in [-0.3, -0.25) is 0 Å². The summed E-state index contributed by atoms with van der Waals surface area (Å²) in [5, 5.41) is 5.49. The van der Waals surface area contributed by atoms with E-state index in [2.05, 4.69) is 38.1 Å². The van der Waals surface area contributed by atoms with Gasteiger partial charge in [0.25, 0.3) is 0 Å². The number of hydrogen-bond donors (Lipinski definition) is 1. The molecule has 0 radical (unpaired) electrons. The Labute approximate surface area is 141 Å². The predicted octanol–water partition coefficient (Wildman–Crippen LogP) is 4.31. The van der Waals surface area contributed by atoms with Crippen LogP contribution >= 0.6 is 11.6 Å². The molecule has 0 bridgehead atoms. The molecule has 1 heterocycles. The fraction of sp³-hybridized carbons (Fsp3) is 0.211. The summed E-state index contributed by atoms with van der Waals surface area (Å²) in [6.07, 6.45) is 0.762. The Kier molecular flexibility index (Phi) is 4.51. The van der Waals surface area contributed by atoms with Crippen molar-refractivity contribution in [3.05, 3.63) is 70.4 Å². The van der Waals surface area contributed by atoms with Gasteiger partial charge in [0.2, 0.25) is 0 Å². The van der Waals surface area contributed by atoms with Gasteiger partial charge in [-0.1, -0.05) is 41.4 Å². The SMILES string of the molecule is Cc1ccc(-n2nc(CCN)cc2-c2ccc(Cl)cc2)c(C)c1. The minimum absolute atomic E-state index is 0.587. The van der Waals surface area contributed by atoms with Crippen molar-refractivity contribution in [3.8, 4) is 16.9 Å². The molecule has 0 saturated heterocycles. The number of halogens is 1. The van der Waals surface area contributed by atoms with E-state index in [1.54, 1.807) is 0 Å². The second kappa shape index (κ2) is 6.57. The highest BCUT2D eigenvalue weighted by Gasteiger charge is 2.13. The van der Waals surface area contributed by atoms with E-state index in [1.807, 2.05) is 28.9 Å². The van der Waals surface area contributed by atoms with E-state index in [4.69, 9.17) is 22.4 Å².